The first-order chi connectivity index (χ1) is 9.62. The smallest absolute Gasteiger partial charge is 0.0662 e. The van der Waals surface area contributed by atoms with Crippen LogP contribution in [0.25, 0.3) is 0 Å². The maximum atomic E-state index is 4.25. The number of hydrogen-bond donors (Lipinski definition) is 0. The van der Waals surface area contributed by atoms with Gasteiger partial charge in [0.25, 0.3) is 0 Å². The predicted octanol–water partition coefficient (Wildman–Crippen LogP) is 6.05. The molecule has 1 aliphatic rings. The van der Waals surface area contributed by atoms with Crippen molar-refractivity contribution in [3.63, 3.8) is 0 Å². The van der Waals surface area contributed by atoms with Gasteiger partial charge in [0.2, 0.25) is 0 Å². The highest BCUT2D eigenvalue weighted by molar-refractivity contribution is 14.2. The van der Waals surface area contributed by atoms with Gasteiger partial charge in [-0.25, -0.2) is 8.61 Å². The fourth-order valence-electron chi connectivity index (χ4n) is 2.39. The molecule has 0 aromatic rings. The number of nitrogens with zero attached hydrogens (tertiary/aromatic N) is 2. The van der Waals surface area contributed by atoms with Crippen molar-refractivity contribution in [1.29, 1.82) is 0 Å². The molecule has 0 N–H and O–H groups in total. The molecule has 2 nitrogen and oxygen atoms in total. The Morgan fingerprint density at radius 2 is 1.25 bits per heavy atom. The topological polar surface area (TPSA) is 6.48 Å². The lowest BCUT2D eigenvalue weighted by atomic mass is 9.76. The van der Waals surface area contributed by atoms with E-state index in [4.69, 9.17) is 0 Å². The molecule has 0 unspecified atom stereocenters. The number of rotatable bonds is 10. The fourth-order valence-corrected chi connectivity index (χ4v) is 6.09. The summed E-state index contributed by atoms with van der Waals surface area (Å²) >= 11 is 4.80. The minimum atomic E-state index is 0.426. The van der Waals surface area contributed by atoms with Gasteiger partial charge in [-0.1, -0.05) is 39.8 Å². The number of unbranched alkanes of at least 4 members (excludes halogenated alkanes) is 2. The minimum absolute atomic E-state index is 0.426. The quantitative estimate of drug-likeness (QED) is 0.247. The highest BCUT2D eigenvalue weighted by Crippen LogP contribution is 2.45. The minimum Gasteiger partial charge on any atom is -0.232 e. The predicted molar refractivity (Wildman–Crippen MR) is 112 cm³/mol. The Balaban J connectivity index is 2.75. The monoisotopic (exact) mass is 538 g/mol. The molecule has 0 bridgehead atoms. The van der Waals surface area contributed by atoms with E-state index in [1.807, 2.05) is 18.2 Å². The average molecular weight is 538 g/mol. The van der Waals surface area contributed by atoms with Gasteiger partial charge >= 0.3 is 0 Å². The third-order valence-electron chi connectivity index (χ3n) is 3.69. The van der Waals surface area contributed by atoms with E-state index >= 15 is 0 Å². The van der Waals surface area contributed by atoms with Crippen molar-refractivity contribution < 1.29 is 0 Å². The van der Waals surface area contributed by atoms with E-state index in [0.717, 1.165) is 13.1 Å². The van der Waals surface area contributed by atoms with Crippen LogP contribution in [0.5, 0.6) is 0 Å². The summed E-state index contributed by atoms with van der Waals surface area (Å²) in [5.74, 6) is 0. The summed E-state index contributed by atoms with van der Waals surface area (Å²) in [5, 5.41) is 0. The first-order valence-corrected chi connectivity index (χ1v) is 13.7. The Bertz CT molecular complexity index is 307. The van der Waals surface area contributed by atoms with Crippen LogP contribution in [0.15, 0.2) is 24.3 Å². The molecule has 0 saturated heterocycles. The first-order valence-electron chi connectivity index (χ1n) is 7.10. The molecule has 2 atom stereocenters. The zero-order valence-corrected chi connectivity index (χ0v) is 18.2. The molecule has 116 valence electrons. The first kappa shape index (κ1) is 19.6. The second-order valence-electron chi connectivity index (χ2n) is 5.07. The van der Waals surface area contributed by atoms with E-state index in [-0.39, 0.29) is 0 Å². The van der Waals surface area contributed by atoms with Gasteiger partial charge in [0.05, 0.1) is 12.1 Å². The molecule has 1 rings (SSSR count). The maximum Gasteiger partial charge on any atom is 0.0662 e. The van der Waals surface area contributed by atoms with E-state index < -0.39 is 0 Å². The molecule has 0 amide bonds. The molecule has 0 aromatic heterocycles. The molecular formula is C14H24I2N2S2. The molecule has 1 saturated carbocycles. The van der Waals surface area contributed by atoms with Gasteiger partial charge in [-0.3, -0.25) is 0 Å². The lowest BCUT2D eigenvalue weighted by Crippen LogP contribution is -2.57. The van der Waals surface area contributed by atoms with Crippen LogP contribution in [-0.4, -0.2) is 33.8 Å². The van der Waals surface area contributed by atoms with Crippen molar-refractivity contribution in [2.75, 3.05) is 13.1 Å². The summed E-state index contributed by atoms with van der Waals surface area (Å²) < 4.78 is 4.97. The van der Waals surface area contributed by atoms with Gasteiger partial charge < -0.3 is 0 Å². The summed E-state index contributed by atoms with van der Waals surface area (Å²) in [7, 11) is 3.64. The Hall–Kier alpha value is 1.56. The molecule has 6 heteroatoms. The summed E-state index contributed by atoms with van der Waals surface area (Å²) in [6.07, 6.45) is 4.95. The van der Waals surface area contributed by atoms with Gasteiger partial charge in [-0.05, 0) is 42.2 Å². The van der Waals surface area contributed by atoms with Crippen molar-refractivity contribution in [3.05, 3.63) is 24.3 Å². The fraction of sp³-hybridized carbons (Fsp3) is 0.714. The third kappa shape index (κ3) is 4.78. The van der Waals surface area contributed by atoms with Crippen LogP contribution < -0.4 is 0 Å². The van der Waals surface area contributed by atoms with Gasteiger partial charge in [0.1, 0.15) is 0 Å². The molecule has 0 spiro atoms. The molecule has 0 aliphatic heterocycles. The van der Waals surface area contributed by atoms with Crippen LogP contribution in [-0.2, 0) is 0 Å². The molecule has 1 aliphatic carbocycles. The Morgan fingerprint density at radius 1 is 0.900 bits per heavy atom. The summed E-state index contributed by atoms with van der Waals surface area (Å²) in [6.45, 7) is 15.3. The molecule has 0 radical (unpaired) electrons. The van der Waals surface area contributed by atoms with E-state index in [1.165, 1.54) is 36.8 Å². The molecule has 0 heterocycles. The van der Waals surface area contributed by atoms with Crippen LogP contribution in [0.4, 0.5) is 0 Å². The lowest BCUT2D eigenvalue weighted by Gasteiger charge is -2.50. The summed E-state index contributed by atoms with van der Waals surface area (Å²) in [5.41, 5.74) is 2.45. The Morgan fingerprint density at radius 3 is 1.50 bits per heavy atom. The van der Waals surface area contributed by atoms with Crippen molar-refractivity contribution in [2.45, 2.75) is 51.6 Å². The lowest BCUT2D eigenvalue weighted by molar-refractivity contribution is 0.227. The van der Waals surface area contributed by atoms with Crippen LogP contribution in [0.3, 0.4) is 0 Å². The SMILES string of the molecule is C=C1C(=C)[C@@H](N(CCCC)SI)[C@@H]1N(CCCC)SI. The zero-order valence-electron chi connectivity index (χ0n) is 12.3. The molecular weight excluding hydrogens is 514 g/mol. The van der Waals surface area contributed by atoms with Crippen molar-refractivity contribution in [2.24, 2.45) is 0 Å². The average Bonchev–Trinajstić information content (AvgIpc) is 2.48. The van der Waals surface area contributed by atoms with Gasteiger partial charge in [0, 0.05) is 55.5 Å². The summed E-state index contributed by atoms with van der Waals surface area (Å²) in [6, 6.07) is 0.852. The number of halogens is 2. The van der Waals surface area contributed by atoms with Crippen molar-refractivity contribution >= 4 is 60.6 Å². The normalized spacial score (nSPS) is 22.7. The highest BCUT2D eigenvalue weighted by Gasteiger charge is 2.45. The molecule has 0 aromatic carbocycles. The number of hydrogen-bond acceptors (Lipinski definition) is 4. The van der Waals surface area contributed by atoms with Gasteiger partial charge in [-0.2, -0.15) is 0 Å². The van der Waals surface area contributed by atoms with Crippen molar-refractivity contribution in [1.82, 2.24) is 8.61 Å². The van der Waals surface area contributed by atoms with Crippen LogP contribution >= 0.6 is 60.6 Å². The summed E-state index contributed by atoms with van der Waals surface area (Å²) in [4.78, 5) is 0. The van der Waals surface area contributed by atoms with E-state index in [9.17, 15) is 0 Å². The maximum absolute atomic E-state index is 4.25. The Kier molecular flexibility index (Phi) is 10.2. The second kappa shape index (κ2) is 10.4. The van der Waals surface area contributed by atoms with Crippen molar-refractivity contribution in [3.8, 4) is 0 Å². The third-order valence-corrected chi connectivity index (χ3v) is 7.90. The second-order valence-corrected chi connectivity index (χ2v) is 8.64. The molecule has 1 fully saturated rings. The largest absolute Gasteiger partial charge is 0.232 e. The standard InChI is InChI=1S/C14H24I2N2S2/c1-5-7-9-17(19-15)13-11(3)12(4)14(13)18(20-16)10-8-6-2/h13-14H,3-10H2,1-2H3/t13-,14-/m1/s1. The molecule has 20 heavy (non-hydrogen) atoms. The van der Waals surface area contributed by atoms with Gasteiger partial charge in [-0.15, -0.1) is 0 Å². The van der Waals surface area contributed by atoms with E-state index in [2.05, 4.69) is 78.0 Å². The van der Waals surface area contributed by atoms with Gasteiger partial charge in [0.15, 0.2) is 0 Å². The highest BCUT2D eigenvalue weighted by atomic mass is 127. The van der Waals surface area contributed by atoms with Crippen LogP contribution in [0.1, 0.15) is 39.5 Å². The Labute approximate surface area is 157 Å². The van der Waals surface area contributed by atoms with E-state index in [0.29, 0.717) is 12.1 Å². The van der Waals surface area contributed by atoms with Crippen LogP contribution in [0, 0.1) is 0 Å². The van der Waals surface area contributed by atoms with Crippen LogP contribution in [0.2, 0.25) is 0 Å². The zero-order chi connectivity index (χ0) is 15.1. The van der Waals surface area contributed by atoms with E-state index in [1.54, 1.807) is 0 Å².